The monoisotopic (exact) mass is 475 g/mol. The van der Waals surface area contributed by atoms with Crippen molar-refractivity contribution in [1.82, 2.24) is 5.32 Å². The molecule has 34 heavy (non-hydrogen) atoms. The van der Waals surface area contributed by atoms with Gasteiger partial charge in [-0.3, -0.25) is 19.8 Å². The molecule has 0 aromatic heterocycles. The third-order valence-electron chi connectivity index (χ3n) is 7.05. The van der Waals surface area contributed by atoms with Crippen LogP contribution in [0, 0.1) is 13.8 Å². The molecule has 0 bridgehead atoms. The molecular weight excluding hydrogens is 442 g/mol. The molecule has 1 atom stereocenters. The Morgan fingerprint density at radius 2 is 1.82 bits per heavy atom. The first-order valence-corrected chi connectivity index (χ1v) is 12.2. The zero-order valence-electron chi connectivity index (χ0n) is 21.0. The third kappa shape index (κ3) is 4.05. The lowest BCUT2D eigenvalue weighted by Gasteiger charge is -2.50. The lowest BCUT2D eigenvalue weighted by molar-refractivity contribution is -0.122. The minimum absolute atomic E-state index is 0.0572. The summed E-state index contributed by atoms with van der Waals surface area (Å²) in [5.74, 6) is -0.501. The van der Waals surface area contributed by atoms with Gasteiger partial charge in [-0.25, -0.2) is 0 Å². The molecule has 1 saturated heterocycles. The Balaban J connectivity index is 1.76. The van der Waals surface area contributed by atoms with Crippen LogP contribution in [-0.2, 0) is 9.59 Å². The Morgan fingerprint density at radius 1 is 1.12 bits per heavy atom. The summed E-state index contributed by atoms with van der Waals surface area (Å²) in [6.45, 7) is 15.2. The lowest BCUT2D eigenvalue weighted by Crippen LogP contribution is -2.54. The van der Waals surface area contributed by atoms with Crippen molar-refractivity contribution in [2.24, 2.45) is 0 Å². The third-order valence-corrected chi connectivity index (χ3v) is 7.33. The number of nitrogens with one attached hydrogen (secondary N) is 1. The molecule has 2 aliphatic rings. The molecule has 2 aliphatic heterocycles. The van der Waals surface area contributed by atoms with Gasteiger partial charge in [0.1, 0.15) is 5.57 Å². The van der Waals surface area contributed by atoms with E-state index in [1.165, 1.54) is 16.2 Å². The average molecular weight is 476 g/mol. The number of nitrogens with zero attached hydrogens (tertiary/aromatic N) is 2. The van der Waals surface area contributed by atoms with Crippen LogP contribution < -0.4 is 15.1 Å². The maximum absolute atomic E-state index is 13.5. The standard InChI is InChI=1S/C28H33N3O2S/c1-16(2)31-24-12-11-20(13-21(24)18(4)15-28(31,6)7)14-22-25(32)29-27(34)30(26(22)33)23-10-8-9-17(3)19(23)5/h8-14,16,18H,15H2,1-7H3,(H,29,32,34)/b22-14+/t18-/m1/s1. The molecule has 4 rings (SSSR count). The Labute approximate surface area is 207 Å². The molecule has 178 valence electrons. The Hall–Kier alpha value is -2.99. The molecule has 0 radical (unpaired) electrons. The van der Waals surface area contributed by atoms with Crippen LogP contribution in [0.3, 0.4) is 0 Å². The summed E-state index contributed by atoms with van der Waals surface area (Å²) in [7, 11) is 0. The average Bonchev–Trinajstić information content (AvgIpc) is 2.73. The van der Waals surface area contributed by atoms with E-state index < -0.39 is 11.8 Å². The van der Waals surface area contributed by atoms with Gasteiger partial charge in [-0.15, -0.1) is 0 Å². The number of carbonyl (C=O) groups excluding carboxylic acids is 2. The number of aryl methyl sites for hydroxylation is 1. The van der Waals surface area contributed by atoms with Gasteiger partial charge < -0.3 is 4.90 Å². The molecule has 0 unspecified atom stereocenters. The summed E-state index contributed by atoms with van der Waals surface area (Å²) in [4.78, 5) is 30.2. The zero-order valence-corrected chi connectivity index (χ0v) is 21.8. The number of carbonyl (C=O) groups is 2. The Kier molecular flexibility index (Phi) is 6.15. The first-order valence-electron chi connectivity index (χ1n) is 11.8. The second-order valence-corrected chi connectivity index (χ2v) is 10.8. The van der Waals surface area contributed by atoms with Crippen LogP contribution in [-0.4, -0.2) is 28.5 Å². The van der Waals surface area contributed by atoms with E-state index in [0.717, 1.165) is 23.1 Å². The highest BCUT2D eigenvalue weighted by atomic mass is 32.1. The fraction of sp³-hybridized carbons (Fsp3) is 0.393. The van der Waals surface area contributed by atoms with Crippen LogP contribution in [0.5, 0.6) is 0 Å². The number of amides is 2. The summed E-state index contributed by atoms with van der Waals surface area (Å²) in [5, 5.41) is 2.81. The van der Waals surface area contributed by atoms with Gasteiger partial charge in [0, 0.05) is 17.3 Å². The van der Waals surface area contributed by atoms with Crippen molar-refractivity contribution < 1.29 is 9.59 Å². The van der Waals surface area contributed by atoms with E-state index >= 15 is 0 Å². The maximum Gasteiger partial charge on any atom is 0.270 e. The van der Waals surface area contributed by atoms with Gasteiger partial charge in [-0.1, -0.05) is 25.1 Å². The van der Waals surface area contributed by atoms with Crippen molar-refractivity contribution >= 4 is 46.6 Å². The SMILES string of the molecule is Cc1cccc(N2C(=O)/C(=C/c3ccc4c(c3)[C@H](C)CC(C)(C)N4C(C)C)C(=O)NC2=S)c1C. The molecule has 0 saturated carbocycles. The highest BCUT2D eigenvalue weighted by Gasteiger charge is 2.38. The largest absolute Gasteiger partial charge is 0.364 e. The van der Waals surface area contributed by atoms with E-state index in [0.29, 0.717) is 17.6 Å². The van der Waals surface area contributed by atoms with E-state index in [1.807, 2.05) is 38.1 Å². The van der Waals surface area contributed by atoms with Crippen LogP contribution in [0.2, 0.25) is 0 Å². The van der Waals surface area contributed by atoms with Gasteiger partial charge in [0.15, 0.2) is 5.11 Å². The maximum atomic E-state index is 13.5. The van der Waals surface area contributed by atoms with Crippen LogP contribution >= 0.6 is 12.2 Å². The predicted molar refractivity (Wildman–Crippen MR) is 143 cm³/mol. The van der Waals surface area contributed by atoms with Gasteiger partial charge in [-0.05, 0) is 113 Å². The Morgan fingerprint density at radius 3 is 2.50 bits per heavy atom. The topological polar surface area (TPSA) is 52.7 Å². The molecule has 1 fully saturated rings. The van der Waals surface area contributed by atoms with Gasteiger partial charge in [0.2, 0.25) is 0 Å². The van der Waals surface area contributed by atoms with Crippen LogP contribution in [0.25, 0.3) is 6.08 Å². The summed E-state index contributed by atoms with van der Waals surface area (Å²) >= 11 is 5.38. The van der Waals surface area contributed by atoms with Crippen molar-refractivity contribution in [3.05, 3.63) is 64.2 Å². The number of rotatable bonds is 3. The second-order valence-electron chi connectivity index (χ2n) is 10.4. The number of fused-ring (bicyclic) bond motifs is 1. The highest BCUT2D eigenvalue weighted by Crippen LogP contribution is 2.44. The van der Waals surface area contributed by atoms with E-state index in [9.17, 15) is 9.59 Å². The minimum Gasteiger partial charge on any atom is -0.364 e. The molecule has 6 heteroatoms. The number of anilines is 2. The van der Waals surface area contributed by atoms with Crippen molar-refractivity contribution in [1.29, 1.82) is 0 Å². The summed E-state index contributed by atoms with van der Waals surface area (Å²) in [6.07, 6.45) is 2.72. The fourth-order valence-electron chi connectivity index (χ4n) is 5.56. The molecule has 2 heterocycles. The summed E-state index contributed by atoms with van der Waals surface area (Å²) in [6, 6.07) is 12.3. The number of hydrogen-bond acceptors (Lipinski definition) is 4. The first kappa shape index (κ1) is 24.1. The first-order chi connectivity index (χ1) is 15.9. The summed E-state index contributed by atoms with van der Waals surface area (Å²) in [5.41, 5.74) is 6.13. The van der Waals surface area contributed by atoms with Gasteiger partial charge >= 0.3 is 0 Å². The molecule has 2 aromatic carbocycles. The van der Waals surface area contributed by atoms with E-state index in [-0.39, 0.29) is 16.2 Å². The van der Waals surface area contributed by atoms with Crippen molar-refractivity contribution in [3.63, 3.8) is 0 Å². The van der Waals surface area contributed by atoms with Crippen molar-refractivity contribution in [3.8, 4) is 0 Å². The highest BCUT2D eigenvalue weighted by molar-refractivity contribution is 7.80. The molecule has 5 nitrogen and oxygen atoms in total. The molecular formula is C28H33N3O2S. The summed E-state index contributed by atoms with van der Waals surface area (Å²) < 4.78 is 0. The zero-order chi connectivity index (χ0) is 24.9. The van der Waals surface area contributed by atoms with Crippen molar-refractivity contribution in [2.45, 2.75) is 72.4 Å². The molecule has 2 amide bonds. The van der Waals surface area contributed by atoms with Crippen molar-refractivity contribution in [2.75, 3.05) is 9.80 Å². The normalized spacial score (nSPS) is 21.2. The van der Waals surface area contributed by atoms with Gasteiger partial charge in [0.05, 0.1) is 5.69 Å². The van der Waals surface area contributed by atoms with Gasteiger partial charge in [0.25, 0.3) is 11.8 Å². The quantitative estimate of drug-likeness (QED) is 0.355. The van der Waals surface area contributed by atoms with Gasteiger partial charge in [-0.2, -0.15) is 0 Å². The number of hydrogen-bond donors (Lipinski definition) is 1. The minimum atomic E-state index is -0.465. The lowest BCUT2D eigenvalue weighted by atomic mass is 9.78. The van der Waals surface area contributed by atoms with Crippen LogP contribution in [0.1, 0.15) is 69.2 Å². The Bertz CT molecular complexity index is 1230. The smallest absolute Gasteiger partial charge is 0.270 e. The molecule has 0 spiro atoms. The van der Waals surface area contributed by atoms with Crippen LogP contribution in [0.4, 0.5) is 11.4 Å². The van der Waals surface area contributed by atoms with E-state index in [4.69, 9.17) is 12.2 Å². The van der Waals surface area contributed by atoms with Crippen LogP contribution in [0.15, 0.2) is 42.0 Å². The number of thiocarbonyl (C=S) groups is 1. The molecule has 0 aliphatic carbocycles. The molecule has 1 N–H and O–H groups in total. The van der Waals surface area contributed by atoms with E-state index in [2.05, 4.69) is 57.0 Å². The second kappa shape index (κ2) is 8.66. The fourth-order valence-corrected chi connectivity index (χ4v) is 5.83. The van der Waals surface area contributed by atoms with E-state index in [1.54, 1.807) is 6.08 Å². The number of benzene rings is 2. The molecule has 2 aromatic rings. The predicted octanol–water partition coefficient (Wildman–Crippen LogP) is 5.64.